The van der Waals surface area contributed by atoms with Crippen LogP contribution in [0, 0.1) is 18.3 Å². The number of hydrogen-bond acceptors (Lipinski definition) is 3. The summed E-state index contributed by atoms with van der Waals surface area (Å²) in [5, 5.41) is 13.9. The van der Waals surface area contributed by atoms with Gasteiger partial charge >= 0.3 is 0 Å². The minimum atomic E-state index is -0.438. The lowest BCUT2D eigenvalue weighted by Crippen LogP contribution is -2.24. The summed E-state index contributed by atoms with van der Waals surface area (Å²) in [5.41, 5.74) is 2.89. The van der Waals surface area contributed by atoms with Crippen LogP contribution in [-0.4, -0.2) is 11.8 Å². The molecule has 2 rings (SSSR count). The maximum atomic E-state index is 12.3. The zero-order valence-corrected chi connectivity index (χ0v) is 12.8. The molecule has 2 amide bonds. The second-order valence-corrected chi connectivity index (χ2v) is 5.10. The van der Waals surface area contributed by atoms with Crippen molar-refractivity contribution in [1.82, 2.24) is 5.32 Å². The number of amides is 2. The molecule has 2 aromatic rings. The minimum Gasteiger partial charge on any atom is -0.348 e. The molecule has 2 aromatic carbocycles. The molecule has 23 heavy (non-hydrogen) atoms. The third-order valence-electron chi connectivity index (χ3n) is 3.22. The predicted octanol–water partition coefficient (Wildman–Crippen LogP) is 2.78. The summed E-state index contributed by atoms with van der Waals surface area (Å²) in [6.07, 6.45) is -0.251. The third kappa shape index (κ3) is 4.68. The van der Waals surface area contributed by atoms with Gasteiger partial charge in [0, 0.05) is 6.54 Å². The lowest BCUT2D eigenvalue weighted by Gasteiger charge is -2.11. The van der Waals surface area contributed by atoms with E-state index in [0.717, 1.165) is 11.1 Å². The van der Waals surface area contributed by atoms with Gasteiger partial charge in [-0.25, -0.2) is 0 Å². The molecule has 2 N–H and O–H groups in total. The van der Waals surface area contributed by atoms with E-state index in [0.29, 0.717) is 17.8 Å². The molecule has 0 aliphatic heterocycles. The number of carbonyl (C=O) groups is 2. The second kappa shape index (κ2) is 7.76. The summed E-state index contributed by atoms with van der Waals surface area (Å²) in [7, 11) is 0. The van der Waals surface area contributed by atoms with Gasteiger partial charge in [0.05, 0.1) is 17.3 Å². The van der Waals surface area contributed by atoms with Crippen molar-refractivity contribution in [3.05, 3.63) is 65.2 Å². The van der Waals surface area contributed by atoms with Gasteiger partial charge < -0.3 is 10.6 Å². The van der Waals surface area contributed by atoms with E-state index in [1.807, 2.05) is 31.2 Å². The molecular weight excluding hydrogens is 290 g/mol. The average Bonchev–Trinajstić information content (AvgIpc) is 2.53. The highest BCUT2D eigenvalue weighted by Crippen LogP contribution is 2.15. The fraction of sp³-hybridized carbons (Fsp3) is 0.167. The molecule has 0 aliphatic carbocycles. The first kappa shape index (κ1) is 16.2. The summed E-state index contributed by atoms with van der Waals surface area (Å²) in [6, 6.07) is 16.4. The number of anilines is 1. The Balaban J connectivity index is 2.07. The summed E-state index contributed by atoms with van der Waals surface area (Å²) < 4.78 is 0. The van der Waals surface area contributed by atoms with Gasteiger partial charge in [-0.05, 0) is 24.6 Å². The Morgan fingerprint density at radius 2 is 1.91 bits per heavy atom. The Bertz CT molecular complexity index is 763. The molecule has 5 heteroatoms. The maximum absolute atomic E-state index is 12.3. The van der Waals surface area contributed by atoms with E-state index in [-0.39, 0.29) is 12.3 Å². The molecule has 0 radical (unpaired) electrons. The van der Waals surface area contributed by atoms with Crippen LogP contribution in [-0.2, 0) is 11.3 Å². The summed E-state index contributed by atoms with van der Waals surface area (Å²) in [5.74, 6) is -0.717. The molecule has 0 heterocycles. The molecule has 0 saturated carbocycles. The fourth-order valence-corrected chi connectivity index (χ4v) is 2.16. The number of nitrogens with one attached hydrogen (secondary N) is 2. The molecule has 0 fully saturated rings. The van der Waals surface area contributed by atoms with Crippen molar-refractivity contribution in [3.8, 4) is 6.07 Å². The minimum absolute atomic E-state index is 0.251. The Morgan fingerprint density at radius 3 is 2.65 bits per heavy atom. The van der Waals surface area contributed by atoms with E-state index in [9.17, 15) is 9.59 Å². The van der Waals surface area contributed by atoms with Crippen LogP contribution in [0.2, 0.25) is 0 Å². The molecule has 0 spiro atoms. The average molecular weight is 307 g/mol. The number of para-hydroxylation sites is 1. The molecule has 0 bridgehead atoms. The Morgan fingerprint density at radius 1 is 1.13 bits per heavy atom. The lowest BCUT2D eigenvalue weighted by atomic mass is 10.1. The SMILES string of the molecule is Cc1cccc(CNC(=O)c2ccccc2NC(=O)CC#N)c1. The molecule has 116 valence electrons. The monoisotopic (exact) mass is 307 g/mol. The van der Waals surface area contributed by atoms with Crippen molar-refractivity contribution in [2.75, 3.05) is 5.32 Å². The first-order valence-corrected chi connectivity index (χ1v) is 7.19. The van der Waals surface area contributed by atoms with Crippen molar-refractivity contribution in [3.63, 3.8) is 0 Å². The summed E-state index contributed by atoms with van der Waals surface area (Å²) >= 11 is 0. The number of aryl methyl sites for hydroxylation is 1. The number of carbonyl (C=O) groups excluding carboxylic acids is 2. The summed E-state index contributed by atoms with van der Waals surface area (Å²) in [4.78, 5) is 23.9. The van der Waals surface area contributed by atoms with Crippen LogP contribution < -0.4 is 10.6 Å². The van der Waals surface area contributed by atoms with Crippen LogP contribution in [0.25, 0.3) is 0 Å². The molecular formula is C18H17N3O2. The van der Waals surface area contributed by atoms with Crippen LogP contribution in [0.3, 0.4) is 0 Å². The van der Waals surface area contributed by atoms with E-state index in [4.69, 9.17) is 5.26 Å². The highest BCUT2D eigenvalue weighted by atomic mass is 16.2. The topological polar surface area (TPSA) is 82.0 Å². The number of benzene rings is 2. The number of nitrogens with zero attached hydrogens (tertiary/aromatic N) is 1. The third-order valence-corrected chi connectivity index (χ3v) is 3.22. The van der Waals surface area contributed by atoms with E-state index in [1.54, 1.807) is 30.3 Å². The van der Waals surface area contributed by atoms with Crippen LogP contribution in [0.5, 0.6) is 0 Å². The zero-order valence-electron chi connectivity index (χ0n) is 12.8. The van der Waals surface area contributed by atoms with Crippen molar-refractivity contribution >= 4 is 17.5 Å². The molecule has 5 nitrogen and oxygen atoms in total. The van der Waals surface area contributed by atoms with Crippen LogP contribution in [0.4, 0.5) is 5.69 Å². The second-order valence-electron chi connectivity index (χ2n) is 5.10. The Kier molecular flexibility index (Phi) is 5.48. The van der Waals surface area contributed by atoms with Gasteiger partial charge in [0.15, 0.2) is 0 Å². The fourth-order valence-electron chi connectivity index (χ4n) is 2.16. The smallest absolute Gasteiger partial charge is 0.253 e. The standard InChI is InChI=1S/C18H17N3O2/c1-13-5-4-6-14(11-13)12-20-18(23)15-7-2-3-8-16(15)21-17(22)9-10-19/h2-8,11H,9,12H2,1H3,(H,20,23)(H,21,22). The maximum Gasteiger partial charge on any atom is 0.253 e. The summed E-state index contributed by atoms with van der Waals surface area (Å²) in [6.45, 7) is 2.40. The number of nitriles is 1. The van der Waals surface area contributed by atoms with Gasteiger partial charge in [0.2, 0.25) is 5.91 Å². The number of hydrogen-bond donors (Lipinski definition) is 2. The van der Waals surface area contributed by atoms with Crippen LogP contribution in [0.1, 0.15) is 27.9 Å². The zero-order chi connectivity index (χ0) is 16.7. The van der Waals surface area contributed by atoms with Gasteiger partial charge in [-0.2, -0.15) is 5.26 Å². The van der Waals surface area contributed by atoms with Crippen LogP contribution >= 0.6 is 0 Å². The molecule has 0 atom stereocenters. The normalized spacial score (nSPS) is 9.74. The molecule has 0 unspecified atom stereocenters. The van der Waals surface area contributed by atoms with E-state index in [1.165, 1.54) is 0 Å². The lowest BCUT2D eigenvalue weighted by molar-refractivity contribution is -0.115. The van der Waals surface area contributed by atoms with Crippen LogP contribution in [0.15, 0.2) is 48.5 Å². The predicted molar refractivity (Wildman–Crippen MR) is 87.7 cm³/mol. The van der Waals surface area contributed by atoms with E-state index >= 15 is 0 Å². The Hall–Kier alpha value is -3.13. The van der Waals surface area contributed by atoms with Gasteiger partial charge in [0.1, 0.15) is 6.42 Å². The highest BCUT2D eigenvalue weighted by molar-refractivity contribution is 6.04. The largest absolute Gasteiger partial charge is 0.348 e. The van der Waals surface area contributed by atoms with Gasteiger partial charge in [0.25, 0.3) is 5.91 Å². The van der Waals surface area contributed by atoms with Gasteiger partial charge in [-0.3, -0.25) is 9.59 Å². The van der Waals surface area contributed by atoms with Crippen molar-refractivity contribution in [2.45, 2.75) is 19.9 Å². The van der Waals surface area contributed by atoms with Gasteiger partial charge in [-0.15, -0.1) is 0 Å². The molecule has 0 aromatic heterocycles. The quantitative estimate of drug-likeness (QED) is 0.891. The van der Waals surface area contributed by atoms with E-state index < -0.39 is 5.91 Å². The first-order chi connectivity index (χ1) is 11.1. The molecule has 0 saturated heterocycles. The first-order valence-electron chi connectivity index (χ1n) is 7.19. The van der Waals surface area contributed by atoms with Crippen molar-refractivity contribution in [1.29, 1.82) is 5.26 Å². The molecule has 0 aliphatic rings. The van der Waals surface area contributed by atoms with Crippen molar-refractivity contribution in [2.24, 2.45) is 0 Å². The Labute approximate surface area is 134 Å². The van der Waals surface area contributed by atoms with Gasteiger partial charge in [-0.1, -0.05) is 42.0 Å². The van der Waals surface area contributed by atoms with E-state index in [2.05, 4.69) is 10.6 Å². The van der Waals surface area contributed by atoms with Crippen molar-refractivity contribution < 1.29 is 9.59 Å². The highest BCUT2D eigenvalue weighted by Gasteiger charge is 2.12. The number of rotatable bonds is 5.